The maximum atomic E-state index is 13.2. The highest BCUT2D eigenvalue weighted by Gasteiger charge is 2.52. The number of nitrogens with zero attached hydrogens (tertiary/aromatic N) is 1. The van der Waals surface area contributed by atoms with Gasteiger partial charge in [-0.3, -0.25) is 14.5 Å². The molecule has 0 radical (unpaired) electrons. The topological polar surface area (TPSA) is 66.5 Å². The van der Waals surface area contributed by atoms with Crippen molar-refractivity contribution < 1.29 is 14.4 Å². The van der Waals surface area contributed by atoms with Crippen molar-refractivity contribution in [3.05, 3.63) is 71.8 Å². The molecule has 2 aromatic carbocycles. The van der Waals surface area contributed by atoms with E-state index >= 15 is 0 Å². The maximum absolute atomic E-state index is 13.2. The molecule has 25 heavy (non-hydrogen) atoms. The van der Waals surface area contributed by atoms with E-state index < -0.39 is 11.6 Å². The van der Waals surface area contributed by atoms with Gasteiger partial charge in [0.15, 0.2) is 5.54 Å². The van der Waals surface area contributed by atoms with Gasteiger partial charge in [-0.05, 0) is 18.1 Å². The first-order chi connectivity index (χ1) is 12.0. The fraction of sp³-hybridized carbons (Fsp3) is 0.250. The summed E-state index contributed by atoms with van der Waals surface area (Å²) in [7, 11) is 0. The fourth-order valence-electron chi connectivity index (χ4n) is 3.14. The van der Waals surface area contributed by atoms with Gasteiger partial charge < -0.3 is 5.32 Å². The lowest BCUT2D eigenvalue weighted by molar-refractivity contribution is -0.131. The van der Waals surface area contributed by atoms with Crippen LogP contribution in [-0.2, 0) is 21.5 Å². The van der Waals surface area contributed by atoms with Gasteiger partial charge in [0.1, 0.15) is 5.78 Å². The molecule has 1 heterocycles. The molecule has 3 rings (SSSR count). The van der Waals surface area contributed by atoms with Crippen LogP contribution in [0.1, 0.15) is 24.5 Å². The Morgan fingerprint density at radius 3 is 2.20 bits per heavy atom. The van der Waals surface area contributed by atoms with Crippen LogP contribution in [0.25, 0.3) is 0 Å². The third-order valence-corrected chi connectivity index (χ3v) is 4.44. The van der Waals surface area contributed by atoms with E-state index in [2.05, 4.69) is 5.32 Å². The van der Waals surface area contributed by atoms with Crippen molar-refractivity contribution in [3.63, 3.8) is 0 Å². The van der Waals surface area contributed by atoms with Crippen molar-refractivity contribution in [2.45, 2.75) is 25.3 Å². The van der Waals surface area contributed by atoms with Crippen LogP contribution >= 0.6 is 0 Å². The number of ketones is 1. The fourth-order valence-corrected chi connectivity index (χ4v) is 3.14. The Morgan fingerprint density at radius 2 is 1.60 bits per heavy atom. The minimum absolute atomic E-state index is 0.0547. The second-order valence-corrected chi connectivity index (χ2v) is 6.27. The summed E-state index contributed by atoms with van der Waals surface area (Å²) in [5, 5.41) is 2.88. The lowest BCUT2D eigenvalue weighted by Gasteiger charge is -2.27. The Bertz CT molecular complexity index is 789. The SMILES string of the molecule is CC(=O)CCN1C(=O)N[C@@](Cc2ccccc2)(c2ccccc2)C1=O. The summed E-state index contributed by atoms with van der Waals surface area (Å²) in [6.45, 7) is 1.55. The highest BCUT2D eigenvalue weighted by molar-refractivity contribution is 6.07. The summed E-state index contributed by atoms with van der Waals surface area (Å²) in [6, 6.07) is 18.4. The molecule has 3 amide bonds. The molecule has 1 aliphatic heterocycles. The largest absolute Gasteiger partial charge is 0.325 e. The summed E-state index contributed by atoms with van der Waals surface area (Å²) >= 11 is 0. The van der Waals surface area contributed by atoms with E-state index in [4.69, 9.17) is 0 Å². The minimum atomic E-state index is -1.14. The number of carbonyl (C=O) groups is 3. The van der Waals surface area contributed by atoms with E-state index in [1.54, 1.807) is 0 Å². The summed E-state index contributed by atoms with van der Waals surface area (Å²) < 4.78 is 0. The zero-order chi connectivity index (χ0) is 17.9. The van der Waals surface area contributed by atoms with Crippen LogP contribution in [0.5, 0.6) is 0 Å². The molecule has 1 saturated heterocycles. The molecule has 0 spiro atoms. The number of hydrogen-bond acceptors (Lipinski definition) is 3. The number of carbonyl (C=O) groups excluding carboxylic acids is 3. The van der Waals surface area contributed by atoms with Gasteiger partial charge in [0.05, 0.1) is 0 Å². The van der Waals surface area contributed by atoms with Crippen LogP contribution in [0.2, 0.25) is 0 Å². The van der Waals surface area contributed by atoms with Crippen molar-refractivity contribution in [3.8, 4) is 0 Å². The van der Waals surface area contributed by atoms with E-state index in [1.165, 1.54) is 6.92 Å². The molecular weight excluding hydrogens is 316 g/mol. The molecule has 0 unspecified atom stereocenters. The van der Waals surface area contributed by atoms with Crippen molar-refractivity contribution >= 4 is 17.7 Å². The second-order valence-electron chi connectivity index (χ2n) is 6.27. The van der Waals surface area contributed by atoms with Gasteiger partial charge in [0, 0.05) is 19.4 Å². The lowest BCUT2D eigenvalue weighted by atomic mass is 9.83. The van der Waals surface area contributed by atoms with E-state index in [1.807, 2.05) is 60.7 Å². The highest BCUT2D eigenvalue weighted by Crippen LogP contribution is 2.33. The summed E-state index contributed by atoms with van der Waals surface area (Å²) in [4.78, 5) is 38.1. The molecule has 0 bridgehead atoms. The van der Waals surface area contributed by atoms with E-state index in [0.29, 0.717) is 6.42 Å². The normalized spacial score (nSPS) is 19.8. The number of nitrogens with one attached hydrogen (secondary N) is 1. The number of rotatable bonds is 6. The van der Waals surface area contributed by atoms with Crippen LogP contribution in [0, 0.1) is 0 Å². The Morgan fingerprint density at radius 1 is 1.00 bits per heavy atom. The molecule has 0 aliphatic carbocycles. The predicted octanol–water partition coefficient (Wildman–Crippen LogP) is 2.66. The number of amides is 3. The number of benzene rings is 2. The highest BCUT2D eigenvalue weighted by atomic mass is 16.2. The van der Waals surface area contributed by atoms with Crippen LogP contribution in [0.3, 0.4) is 0 Å². The van der Waals surface area contributed by atoms with Gasteiger partial charge in [-0.2, -0.15) is 0 Å². The third kappa shape index (κ3) is 3.31. The molecule has 1 N–H and O–H groups in total. The summed E-state index contributed by atoms with van der Waals surface area (Å²) in [6.07, 6.45) is 0.522. The Balaban J connectivity index is 1.99. The summed E-state index contributed by atoms with van der Waals surface area (Å²) in [5.41, 5.74) is 0.548. The van der Waals surface area contributed by atoms with Crippen molar-refractivity contribution in [2.24, 2.45) is 0 Å². The molecule has 0 saturated carbocycles. The molecule has 5 nitrogen and oxygen atoms in total. The van der Waals surface area contributed by atoms with Gasteiger partial charge in [-0.25, -0.2) is 4.79 Å². The number of hydrogen-bond donors (Lipinski definition) is 1. The van der Waals surface area contributed by atoms with Gasteiger partial charge in [-0.15, -0.1) is 0 Å². The smallest absolute Gasteiger partial charge is 0.319 e. The standard InChI is InChI=1S/C20H20N2O3/c1-15(23)12-13-22-18(24)20(21-19(22)25,17-10-6-3-7-11-17)14-16-8-4-2-5-9-16/h2-11H,12-14H2,1H3,(H,21,25)/t20-/m0/s1. The second kappa shape index (κ2) is 6.89. The minimum Gasteiger partial charge on any atom is -0.319 e. The van der Waals surface area contributed by atoms with Crippen molar-refractivity contribution in [1.29, 1.82) is 0 Å². The first-order valence-corrected chi connectivity index (χ1v) is 8.26. The average molecular weight is 336 g/mol. The average Bonchev–Trinajstić information content (AvgIpc) is 2.85. The summed E-state index contributed by atoms with van der Waals surface area (Å²) in [5.74, 6) is -0.366. The quantitative estimate of drug-likeness (QED) is 0.825. The first-order valence-electron chi connectivity index (χ1n) is 8.26. The molecular formula is C20H20N2O3. The molecule has 2 aromatic rings. The Hall–Kier alpha value is -2.95. The zero-order valence-corrected chi connectivity index (χ0v) is 14.1. The van der Waals surface area contributed by atoms with Crippen LogP contribution in [-0.4, -0.2) is 29.2 Å². The van der Waals surface area contributed by atoms with Gasteiger partial charge in [0.25, 0.3) is 5.91 Å². The van der Waals surface area contributed by atoms with E-state index in [0.717, 1.165) is 16.0 Å². The number of Topliss-reactive ketones (excluding diaryl/α,β-unsaturated/α-hetero) is 1. The molecule has 5 heteroatoms. The third-order valence-electron chi connectivity index (χ3n) is 4.44. The van der Waals surface area contributed by atoms with Crippen molar-refractivity contribution in [1.82, 2.24) is 10.2 Å². The Kier molecular flexibility index (Phi) is 4.65. The lowest BCUT2D eigenvalue weighted by Crippen LogP contribution is -2.46. The van der Waals surface area contributed by atoms with Crippen LogP contribution < -0.4 is 5.32 Å². The zero-order valence-electron chi connectivity index (χ0n) is 14.1. The number of imide groups is 1. The van der Waals surface area contributed by atoms with E-state index in [9.17, 15) is 14.4 Å². The Labute approximate surface area is 146 Å². The van der Waals surface area contributed by atoms with Gasteiger partial charge in [-0.1, -0.05) is 60.7 Å². The van der Waals surface area contributed by atoms with Crippen LogP contribution in [0.15, 0.2) is 60.7 Å². The van der Waals surface area contributed by atoms with Gasteiger partial charge in [0.2, 0.25) is 0 Å². The van der Waals surface area contributed by atoms with Crippen LogP contribution in [0.4, 0.5) is 4.79 Å². The van der Waals surface area contributed by atoms with Crippen molar-refractivity contribution in [2.75, 3.05) is 6.54 Å². The molecule has 0 aromatic heterocycles. The van der Waals surface area contributed by atoms with Gasteiger partial charge >= 0.3 is 6.03 Å². The number of urea groups is 1. The predicted molar refractivity (Wildman–Crippen MR) is 93.8 cm³/mol. The monoisotopic (exact) mass is 336 g/mol. The maximum Gasteiger partial charge on any atom is 0.325 e. The first kappa shape index (κ1) is 16.9. The molecule has 1 fully saturated rings. The van der Waals surface area contributed by atoms with E-state index in [-0.39, 0.29) is 24.7 Å². The molecule has 1 aliphatic rings. The molecule has 1 atom stereocenters. The molecule has 128 valence electrons.